The number of nitrogens with two attached hydrogens (primary N) is 4. The number of likely N-dealkylation sites (N-methyl/N-ethyl adjacent to an activating group) is 1. The first-order chi connectivity index (χ1) is 26.0. The van der Waals surface area contributed by atoms with Crippen LogP contribution >= 0.6 is 0 Å². The number of rotatable bonds is 9. The van der Waals surface area contributed by atoms with Gasteiger partial charge in [-0.1, -0.05) is 0 Å². The Bertz CT molecular complexity index is 1510. The summed E-state index contributed by atoms with van der Waals surface area (Å²) < 4.78 is 35.2. The average Bonchev–Trinajstić information content (AvgIpc) is 3.00. The number of aliphatic hydroxyl groups is 3. The van der Waals surface area contributed by atoms with Crippen LogP contribution in [0, 0.1) is 5.92 Å². The molecule has 13 N–H and O–H groups in total. The number of ether oxygens (including phenoxy) is 6. The number of amides is 3. The van der Waals surface area contributed by atoms with Gasteiger partial charge in [0, 0.05) is 19.0 Å². The number of hydrogen-bond donors (Lipinski definition) is 9. The molecule has 0 bridgehead atoms. The van der Waals surface area contributed by atoms with Gasteiger partial charge in [0.2, 0.25) is 0 Å². The van der Waals surface area contributed by atoms with Crippen LogP contribution in [0.5, 0.6) is 0 Å². The van der Waals surface area contributed by atoms with E-state index in [1.807, 2.05) is 0 Å². The summed E-state index contributed by atoms with van der Waals surface area (Å²) in [6.07, 6.45) is -8.33. The van der Waals surface area contributed by atoms with Gasteiger partial charge in [-0.15, -0.1) is 0 Å². The first-order valence-corrected chi connectivity index (χ1v) is 18.8. The van der Waals surface area contributed by atoms with Crippen molar-refractivity contribution in [2.75, 3.05) is 20.2 Å². The van der Waals surface area contributed by atoms with Gasteiger partial charge in [-0.3, -0.25) is 0 Å². The molecule has 326 valence electrons. The Labute approximate surface area is 333 Å². The van der Waals surface area contributed by atoms with Crippen LogP contribution in [-0.4, -0.2) is 148 Å². The highest BCUT2D eigenvalue weighted by atomic mass is 16.7. The standard InChI is InChI=1S/C36H65N9O12/c1-33(2,3)55-30(48)43-19-14-20(44-31(49)56-34(4,5)6)25(22(46)21(19)24-18(42-29(39)40)13-12-17(53-24)15-41-28(37)38)54-27-23(47)26(36(10,51)16-52-27)45(11)32(50)57-35(7,8)9/h12,18-27,46-47,51H,13-16H2,1-11H3,(H,43,48)(H,44,49)(H4,37,38,41)(H4,39,40,42)/t18-,19+,20-,21?,22+,23-,24+,25+,26-,27-,36+/m1/s1. The molecule has 21 heteroatoms. The molecule has 1 saturated heterocycles. The molecule has 0 spiro atoms. The van der Waals surface area contributed by atoms with Crippen molar-refractivity contribution < 1.29 is 58.1 Å². The van der Waals surface area contributed by atoms with Crippen molar-refractivity contribution in [2.45, 2.75) is 159 Å². The highest BCUT2D eigenvalue weighted by Gasteiger charge is 2.56. The fourth-order valence-corrected chi connectivity index (χ4v) is 7.00. The van der Waals surface area contributed by atoms with E-state index in [1.54, 1.807) is 68.4 Å². The van der Waals surface area contributed by atoms with Crippen LogP contribution in [0.25, 0.3) is 0 Å². The largest absolute Gasteiger partial charge is 0.490 e. The Morgan fingerprint density at radius 2 is 1.44 bits per heavy atom. The van der Waals surface area contributed by atoms with Gasteiger partial charge in [0.05, 0.1) is 37.4 Å². The fourth-order valence-electron chi connectivity index (χ4n) is 7.00. The highest BCUT2D eigenvalue weighted by Crippen LogP contribution is 2.39. The number of carbonyl (C=O) groups is 3. The third kappa shape index (κ3) is 13.7. The maximum absolute atomic E-state index is 13.4. The summed E-state index contributed by atoms with van der Waals surface area (Å²) in [7, 11) is 1.35. The summed E-state index contributed by atoms with van der Waals surface area (Å²) in [6, 6.07) is -4.33. The third-order valence-corrected chi connectivity index (χ3v) is 9.04. The summed E-state index contributed by atoms with van der Waals surface area (Å²) in [5.74, 6) is -1.29. The third-order valence-electron chi connectivity index (χ3n) is 9.04. The van der Waals surface area contributed by atoms with Gasteiger partial charge in [-0.2, -0.15) is 0 Å². The maximum Gasteiger partial charge on any atom is 0.410 e. The molecule has 3 aliphatic rings. The van der Waals surface area contributed by atoms with E-state index in [0.29, 0.717) is 5.76 Å². The Morgan fingerprint density at radius 1 is 0.895 bits per heavy atom. The molecule has 1 aliphatic carbocycles. The van der Waals surface area contributed by atoms with Crippen LogP contribution < -0.4 is 33.6 Å². The van der Waals surface area contributed by atoms with Gasteiger partial charge in [0.25, 0.3) is 0 Å². The Hall–Kier alpha value is -4.31. The zero-order valence-electron chi connectivity index (χ0n) is 34.8. The van der Waals surface area contributed by atoms with E-state index >= 15 is 0 Å². The summed E-state index contributed by atoms with van der Waals surface area (Å²) in [5.41, 5.74) is 18.3. The van der Waals surface area contributed by atoms with Crippen LogP contribution in [-0.2, 0) is 28.4 Å². The zero-order chi connectivity index (χ0) is 43.4. The number of nitrogens with one attached hydrogen (secondary N) is 2. The van der Waals surface area contributed by atoms with Gasteiger partial charge in [-0.25, -0.2) is 24.4 Å². The van der Waals surface area contributed by atoms with Crippen molar-refractivity contribution in [1.82, 2.24) is 15.5 Å². The Kier molecular flexibility index (Phi) is 14.9. The van der Waals surface area contributed by atoms with Crippen molar-refractivity contribution in [2.24, 2.45) is 38.8 Å². The second kappa shape index (κ2) is 18.1. The van der Waals surface area contributed by atoms with E-state index in [1.165, 1.54) is 14.0 Å². The normalized spacial score (nSPS) is 32.0. The second-order valence-corrected chi connectivity index (χ2v) is 17.8. The lowest BCUT2D eigenvalue weighted by atomic mass is 9.72. The molecule has 0 aromatic rings. The van der Waals surface area contributed by atoms with Crippen LogP contribution in [0.3, 0.4) is 0 Å². The first-order valence-electron chi connectivity index (χ1n) is 18.8. The number of guanidine groups is 2. The fraction of sp³-hybridized carbons (Fsp3) is 0.806. The van der Waals surface area contributed by atoms with E-state index in [-0.39, 0.29) is 31.3 Å². The first kappa shape index (κ1) is 47.1. The zero-order valence-corrected chi connectivity index (χ0v) is 34.8. The van der Waals surface area contributed by atoms with Crippen LogP contribution in [0.2, 0.25) is 0 Å². The summed E-state index contributed by atoms with van der Waals surface area (Å²) >= 11 is 0. The number of hydrogen-bond acceptors (Lipinski definition) is 14. The SMILES string of the molecule is CN(C(=O)OC(C)(C)C)[C@@H]1[C@@H](O)[C@@H](O[C@H]2[C@H](NC(=O)OC(C)(C)C)C[C@H](NC(=O)OC(C)(C)C)C([C@H]3OC(CN=C(N)N)=CC[C@H]3N=C(N)N)[C@@H]2O)OC[C@]1(C)O. The predicted molar refractivity (Wildman–Crippen MR) is 207 cm³/mol. The van der Waals surface area contributed by atoms with Gasteiger partial charge >= 0.3 is 18.3 Å². The van der Waals surface area contributed by atoms with Crippen LogP contribution in [0.4, 0.5) is 14.4 Å². The molecule has 2 fully saturated rings. The van der Waals surface area contributed by atoms with Gasteiger partial charge < -0.3 is 82.2 Å². The topological polar surface area (TPSA) is 323 Å². The predicted octanol–water partition coefficient (Wildman–Crippen LogP) is -0.169. The molecular weight excluding hydrogens is 750 g/mol. The second-order valence-electron chi connectivity index (χ2n) is 17.8. The van der Waals surface area contributed by atoms with Crippen molar-refractivity contribution in [1.29, 1.82) is 0 Å². The molecule has 11 atom stereocenters. The summed E-state index contributed by atoms with van der Waals surface area (Å²) in [6.45, 7) is 15.9. The number of aliphatic hydroxyl groups excluding tert-OH is 2. The smallest absolute Gasteiger partial charge is 0.410 e. The van der Waals surface area contributed by atoms with Crippen molar-refractivity contribution >= 4 is 30.2 Å². The molecule has 3 amide bonds. The van der Waals surface area contributed by atoms with Crippen molar-refractivity contribution in [3.8, 4) is 0 Å². The lowest BCUT2D eigenvalue weighted by molar-refractivity contribution is -0.305. The molecule has 57 heavy (non-hydrogen) atoms. The van der Waals surface area contributed by atoms with E-state index in [4.69, 9.17) is 51.4 Å². The minimum Gasteiger partial charge on any atom is -0.490 e. The summed E-state index contributed by atoms with van der Waals surface area (Å²) in [5, 5.41) is 41.2. The lowest BCUT2D eigenvalue weighted by Gasteiger charge is -2.51. The number of alkyl carbamates (subject to hydrolysis) is 2. The van der Waals surface area contributed by atoms with Crippen LogP contribution in [0.15, 0.2) is 21.8 Å². The minimum absolute atomic E-state index is 0.0717. The van der Waals surface area contributed by atoms with Crippen molar-refractivity contribution in [3.05, 3.63) is 11.8 Å². The number of nitrogens with zero attached hydrogens (tertiary/aromatic N) is 3. The molecular formula is C36H65N9O12. The molecule has 1 saturated carbocycles. The minimum atomic E-state index is -1.79. The quantitative estimate of drug-likeness (QED) is 0.0829. The molecule has 3 rings (SSSR count). The van der Waals surface area contributed by atoms with Gasteiger partial charge in [0.1, 0.15) is 46.5 Å². The van der Waals surface area contributed by atoms with E-state index in [9.17, 15) is 29.7 Å². The average molecular weight is 816 g/mol. The van der Waals surface area contributed by atoms with Gasteiger partial charge in [-0.05, 0) is 88.2 Å². The Morgan fingerprint density at radius 3 is 1.95 bits per heavy atom. The molecule has 0 aromatic carbocycles. The number of aliphatic imine (C=N–C) groups is 2. The van der Waals surface area contributed by atoms with E-state index in [2.05, 4.69) is 20.6 Å². The monoisotopic (exact) mass is 815 g/mol. The van der Waals surface area contributed by atoms with Gasteiger partial charge in [0.15, 0.2) is 18.2 Å². The van der Waals surface area contributed by atoms with Crippen molar-refractivity contribution in [3.63, 3.8) is 0 Å². The molecule has 1 unspecified atom stereocenters. The molecule has 21 nitrogen and oxygen atoms in total. The highest BCUT2D eigenvalue weighted by molar-refractivity contribution is 5.76. The Balaban J connectivity index is 2.15. The number of carbonyl (C=O) groups excluding carboxylic acids is 3. The molecule has 2 heterocycles. The van der Waals surface area contributed by atoms with E-state index in [0.717, 1.165) is 4.90 Å². The maximum atomic E-state index is 13.4. The molecule has 2 aliphatic heterocycles. The molecule has 0 radical (unpaired) electrons. The van der Waals surface area contributed by atoms with E-state index < -0.39 is 108 Å². The molecule has 0 aromatic heterocycles. The summed E-state index contributed by atoms with van der Waals surface area (Å²) in [4.78, 5) is 49.3. The van der Waals surface area contributed by atoms with Crippen LogP contribution in [0.1, 0.15) is 82.1 Å². The lowest BCUT2D eigenvalue weighted by Crippen LogP contribution is -2.70.